The Labute approximate surface area is 143 Å². The van der Waals surface area contributed by atoms with E-state index in [1.807, 2.05) is 17.5 Å². The normalized spacial score (nSPS) is 17.1. The molecule has 5 nitrogen and oxygen atoms in total. The SMILES string of the molecule is O=C(NCc1cccs1)NC1CCN(Cc2ccc(F)cc2)C1=O. The van der Waals surface area contributed by atoms with Crippen LogP contribution in [0.1, 0.15) is 16.9 Å². The highest BCUT2D eigenvalue weighted by Crippen LogP contribution is 2.15. The summed E-state index contributed by atoms with van der Waals surface area (Å²) in [6.45, 7) is 1.45. The summed E-state index contributed by atoms with van der Waals surface area (Å²) in [5.74, 6) is -0.404. The minimum atomic E-state index is -0.506. The van der Waals surface area contributed by atoms with Gasteiger partial charge in [0.05, 0.1) is 6.54 Å². The van der Waals surface area contributed by atoms with Gasteiger partial charge in [0.2, 0.25) is 5.91 Å². The fraction of sp³-hybridized carbons (Fsp3) is 0.294. The molecule has 3 rings (SSSR count). The van der Waals surface area contributed by atoms with Crippen molar-refractivity contribution in [1.29, 1.82) is 0 Å². The summed E-state index contributed by atoms with van der Waals surface area (Å²) >= 11 is 1.57. The molecule has 3 amide bonds. The summed E-state index contributed by atoms with van der Waals surface area (Å²) < 4.78 is 12.9. The maximum atomic E-state index is 12.9. The molecule has 1 fully saturated rings. The van der Waals surface area contributed by atoms with E-state index in [1.165, 1.54) is 12.1 Å². The Morgan fingerprint density at radius 1 is 1.29 bits per heavy atom. The van der Waals surface area contributed by atoms with Crippen molar-refractivity contribution in [3.8, 4) is 0 Å². The first-order valence-electron chi connectivity index (χ1n) is 7.72. The molecule has 1 aromatic carbocycles. The number of thiophene rings is 1. The van der Waals surface area contributed by atoms with Gasteiger partial charge in [-0.2, -0.15) is 0 Å². The molecule has 7 heteroatoms. The highest BCUT2D eigenvalue weighted by molar-refractivity contribution is 7.09. The monoisotopic (exact) mass is 347 g/mol. The Bertz CT molecular complexity index is 703. The van der Waals surface area contributed by atoms with Crippen molar-refractivity contribution in [3.05, 3.63) is 58.0 Å². The van der Waals surface area contributed by atoms with Crippen molar-refractivity contribution in [2.75, 3.05) is 6.54 Å². The van der Waals surface area contributed by atoms with Gasteiger partial charge in [0, 0.05) is 18.0 Å². The quantitative estimate of drug-likeness (QED) is 0.873. The molecule has 1 aliphatic rings. The number of rotatable bonds is 5. The van der Waals surface area contributed by atoms with E-state index in [-0.39, 0.29) is 17.8 Å². The first-order valence-corrected chi connectivity index (χ1v) is 8.60. The van der Waals surface area contributed by atoms with Crippen LogP contribution in [-0.4, -0.2) is 29.4 Å². The average Bonchev–Trinajstić information content (AvgIpc) is 3.20. The van der Waals surface area contributed by atoms with Gasteiger partial charge in [-0.15, -0.1) is 11.3 Å². The zero-order valence-corrected chi connectivity index (χ0v) is 13.8. The van der Waals surface area contributed by atoms with Crippen LogP contribution in [0.4, 0.5) is 9.18 Å². The summed E-state index contributed by atoms with van der Waals surface area (Å²) in [6, 6.07) is 9.10. The van der Waals surface area contributed by atoms with Crippen LogP contribution in [0, 0.1) is 5.82 Å². The van der Waals surface area contributed by atoms with E-state index in [4.69, 9.17) is 0 Å². The summed E-state index contributed by atoms with van der Waals surface area (Å²) in [4.78, 5) is 27.0. The molecule has 0 spiro atoms. The van der Waals surface area contributed by atoms with Gasteiger partial charge < -0.3 is 15.5 Å². The van der Waals surface area contributed by atoms with Gasteiger partial charge in [0.15, 0.2) is 0 Å². The van der Waals surface area contributed by atoms with Crippen LogP contribution in [-0.2, 0) is 17.9 Å². The first kappa shape index (κ1) is 16.4. The molecule has 24 heavy (non-hydrogen) atoms. The number of hydrogen-bond acceptors (Lipinski definition) is 3. The summed E-state index contributed by atoms with van der Waals surface area (Å²) in [7, 11) is 0. The third-order valence-corrected chi connectivity index (χ3v) is 4.77. The summed E-state index contributed by atoms with van der Waals surface area (Å²) in [5.41, 5.74) is 0.868. The van der Waals surface area contributed by atoms with Gasteiger partial charge in [0.1, 0.15) is 11.9 Å². The molecule has 1 aromatic heterocycles. The highest BCUT2D eigenvalue weighted by atomic mass is 32.1. The van der Waals surface area contributed by atoms with Gasteiger partial charge in [0.25, 0.3) is 0 Å². The third-order valence-electron chi connectivity index (χ3n) is 3.89. The van der Waals surface area contributed by atoms with E-state index in [2.05, 4.69) is 10.6 Å². The Morgan fingerprint density at radius 2 is 2.08 bits per heavy atom. The van der Waals surface area contributed by atoms with E-state index in [0.717, 1.165) is 10.4 Å². The number of nitrogens with one attached hydrogen (secondary N) is 2. The predicted molar refractivity (Wildman–Crippen MR) is 89.9 cm³/mol. The molecule has 2 aromatic rings. The van der Waals surface area contributed by atoms with Crippen molar-refractivity contribution >= 4 is 23.3 Å². The van der Waals surface area contributed by atoms with Gasteiger partial charge in [-0.1, -0.05) is 18.2 Å². The second kappa shape index (κ2) is 7.44. The molecule has 1 saturated heterocycles. The lowest BCUT2D eigenvalue weighted by Crippen LogP contribution is -2.45. The van der Waals surface area contributed by atoms with Crippen molar-refractivity contribution < 1.29 is 14.0 Å². The number of likely N-dealkylation sites (tertiary alicyclic amines) is 1. The lowest BCUT2D eigenvalue weighted by atomic mass is 10.2. The number of benzene rings is 1. The van der Waals surface area contributed by atoms with Crippen LogP contribution in [0.3, 0.4) is 0 Å². The molecule has 2 heterocycles. The van der Waals surface area contributed by atoms with Crippen LogP contribution in [0.25, 0.3) is 0 Å². The van der Waals surface area contributed by atoms with Crippen LogP contribution >= 0.6 is 11.3 Å². The second-order valence-electron chi connectivity index (χ2n) is 5.63. The average molecular weight is 347 g/mol. The number of carbonyl (C=O) groups is 2. The molecule has 1 atom stereocenters. The van der Waals surface area contributed by atoms with Crippen molar-refractivity contribution in [3.63, 3.8) is 0 Å². The molecule has 0 saturated carbocycles. The highest BCUT2D eigenvalue weighted by Gasteiger charge is 2.32. The number of halogens is 1. The van der Waals surface area contributed by atoms with Crippen LogP contribution in [0.15, 0.2) is 41.8 Å². The molecular formula is C17H18FN3O2S. The van der Waals surface area contributed by atoms with Crippen LogP contribution < -0.4 is 10.6 Å². The molecule has 0 aliphatic carbocycles. The zero-order valence-electron chi connectivity index (χ0n) is 13.0. The lowest BCUT2D eigenvalue weighted by Gasteiger charge is -2.17. The van der Waals surface area contributed by atoms with Crippen molar-refractivity contribution in [2.24, 2.45) is 0 Å². The fourth-order valence-corrected chi connectivity index (χ4v) is 3.27. The topological polar surface area (TPSA) is 61.4 Å². The molecule has 0 bridgehead atoms. The smallest absolute Gasteiger partial charge is 0.315 e. The predicted octanol–water partition coefficient (Wildman–Crippen LogP) is 2.49. The minimum absolute atomic E-state index is 0.106. The van der Waals surface area contributed by atoms with E-state index in [0.29, 0.717) is 26.1 Å². The fourth-order valence-electron chi connectivity index (χ4n) is 2.63. The Morgan fingerprint density at radius 3 is 2.79 bits per heavy atom. The number of amides is 3. The molecule has 0 radical (unpaired) electrons. The summed E-state index contributed by atoms with van der Waals surface area (Å²) in [5, 5.41) is 7.42. The van der Waals surface area contributed by atoms with Crippen molar-refractivity contribution in [2.45, 2.75) is 25.6 Å². The number of carbonyl (C=O) groups excluding carboxylic acids is 2. The van der Waals surface area contributed by atoms with Gasteiger partial charge >= 0.3 is 6.03 Å². The third kappa shape index (κ3) is 4.11. The number of urea groups is 1. The van der Waals surface area contributed by atoms with Crippen LogP contribution in [0.5, 0.6) is 0 Å². The number of nitrogens with zero attached hydrogens (tertiary/aromatic N) is 1. The molecule has 1 aliphatic heterocycles. The van der Waals surface area contributed by atoms with E-state index in [9.17, 15) is 14.0 Å². The Balaban J connectivity index is 1.48. The maximum Gasteiger partial charge on any atom is 0.315 e. The van der Waals surface area contributed by atoms with E-state index < -0.39 is 6.04 Å². The first-order chi connectivity index (χ1) is 11.6. The maximum absolute atomic E-state index is 12.9. The molecule has 2 N–H and O–H groups in total. The Kier molecular flexibility index (Phi) is 5.10. The van der Waals surface area contributed by atoms with Crippen molar-refractivity contribution in [1.82, 2.24) is 15.5 Å². The molecule has 126 valence electrons. The van der Waals surface area contributed by atoms with Gasteiger partial charge in [-0.25, -0.2) is 9.18 Å². The minimum Gasteiger partial charge on any atom is -0.336 e. The molecule has 1 unspecified atom stereocenters. The van der Waals surface area contributed by atoms with Gasteiger partial charge in [-0.05, 0) is 35.6 Å². The van der Waals surface area contributed by atoms with Crippen LogP contribution in [0.2, 0.25) is 0 Å². The van der Waals surface area contributed by atoms with E-state index >= 15 is 0 Å². The molecular weight excluding hydrogens is 329 g/mol. The van der Waals surface area contributed by atoms with Gasteiger partial charge in [-0.3, -0.25) is 4.79 Å². The second-order valence-corrected chi connectivity index (χ2v) is 6.67. The number of hydrogen-bond donors (Lipinski definition) is 2. The largest absolute Gasteiger partial charge is 0.336 e. The Hall–Kier alpha value is -2.41. The van der Waals surface area contributed by atoms with E-state index in [1.54, 1.807) is 28.4 Å². The summed E-state index contributed by atoms with van der Waals surface area (Å²) in [6.07, 6.45) is 0.576. The lowest BCUT2D eigenvalue weighted by molar-refractivity contribution is -0.129. The standard InChI is InChI=1S/C17H18FN3O2S/c18-13-5-3-12(4-6-13)11-21-8-7-15(16(21)22)20-17(23)19-10-14-2-1-9-24-14/h1-6,9,15H,7-8,10-11H2,(H2,19,20,23). The zero-order chi connectivity index (χ0) is 16.9.